The van der Waals surface area contributed by atoms with Crippen molar-refractivity contribution in [2.45, 2.75) is 24.4 Å². The fourth-order valence-corrected chi connectivity index (χ4v) is 5.77. The highest BCUT2D eigenvalue weighted by Crippen LogP contribution is 2.22. The smallest absolute Gasteiger partial charge is 0.234 e. The fraction of sp³-hybridized carbons (Fsp3) is 0.350. The molecule has 2 aromatic rings. The molecule has 144 valence electrons. The van der Waals surface area contributed by atoms with Crippen LogP contribution >= 0.6 is 11.6 Å². The molecule has 0 bridgehead atoms. The van der Waals surface area contributed by atoms with Gasteiger partial charge >= 0.3 is 0 Å². The van der Waals surface area contributed by atoms with Gasteiger partial charge in [-0.15, -0.1) is 11.6 Å². The number of aryl methyl sites for hydroxylation is 1. The molecule has 5 nitrogen and oxygen atoms in total. The van der Waals surface area contributed by atoms with E-state index < -0.39 is 21.3 Å². The number of hydrogen-bond donors (Lipinski definition) is 2. The molecule has 1 aliphatic rings. The summed E-state index contributed by atoms with van der Waals surface area (Å²) in [7, 11) is -3.18. The number of carbonyl (C=O) groups excluding carboxylic acids is 1. The molecule has 0 unspecified atom stereocenters. The molecule has 27 heavy (non-hydrogen) atoms. The molecule has 0 aliphatic carbocycles. The summed E-state index contributed by atoms with van der Waals surface area (Å²) in [5.74, 6) is -0.466. The van der Waals surface area contributed by atoms with Gasteiger partial charge in [0.2, 0.25) is 5.91 Å². The van der Waals surface area contributed by atoms with Gasteiger partial charge in [0.15, 0.2) is 9.84 Å². The van der Waals surface area contributed by atoms with Crippen LogP contribution in [-0.4, -0.2) is 43.8 Å². The van der Waals surface area contributed by atoms with Crippen molar-refractivity contribution in [1.82, 2.24) is 10.6 Å². The largest absolute Gasteiger partial charge is 0.350 e. The molecule has 3 atom stereocenters. The Hall–Kier alpha value is -1.89. The summed E-state index contributed by atoms with van der Waals surface area (Å²) in [5, 5.41) is 5.43. The van der Waals surface area contributed by atoms with E-state index in [0.717, 1.165) is 11.1 Å². The second-order valence-corrected chi connectivity index (χ2v) is 9.62. The van der Waals surface area contributed by atoms with E-state index in [1.165, 1.54) is 5.56 Å². The van der Waals surface area contributed by atoms with Crippen LogP contribution in [0.1, 0.15) is 22.7 Å². The van der Waals surface area contributed by atoms with Gasteiger partial charge < -0.3 is 5.32 Å². The third-order valence-corrected chi connectivity index (χ3v) is 7.02. The highest BCUT2D eigenvalue weighted by molar-refractivity contribution is 7.91. The number of benzene rings is 2. The van der Waals surface area contributed by atoms with Crippen molar-refractivity contribution in [3.8, 4) is 0 Å². The normalized spacial score (nSPS) is 22.3. The number of halogens is 1. The summed E-state index contributed by atoms with van der Waals surface area (Å²) < 4.78 is 23.3. The van der Waals surface area contributed by atoms with Crippen LogP contribution in [0.25, 0.3) is 0 Å². The average molecular weight is 407 g/mol. The molecule has 1 amide bonds. The molecule has 1 aliphatic heterocycles. The Morgan fingerprint density at radius 2 is 1.70 bits per heavy atom. The van der Waals surface area contributed by atoms with Gasteiger partial charge in [0, 0.05) is 0 Å². The van der Waals surface area contributed by atoms with Crippen molar-refractivity contribution in [1.29, 1.82) is 0 Å². The number of sulfone groups is 1. The van der Waals surface area contributed by atoms with E-state index >= 15 is 0 Å². The number of amides is 1. The highest BCUT2D eigenvalue weighted by Gasteiger charge is 2.37. The lowest BCUT2D eigenvalue weighted by atomic mass is 9.98. The molecule has 3 rings (SSSR count). The minimum atomic E-state index is -3.18. The topological polar surface area (TPSA) is 75.3 Å². The summed E-state index contributed by atoms with van der Waals surface area (Å²) in [5.41, 5.74) is 3.27. The summed E-state index contributed by atoms with van der Waals surface area (Å²) in [6, 6.07) is 17.3. The van der Waals surface area contributed by atoms with E-state index in [-0.39, 0.29) is 30.0 Å². The van der Waals surface area contributed by atoms with Crippen molar-refractivity contribution >= 4 is 27.3 Å². The lowest BCUT2D eigenvalue weighted by Gasteiger charge is -2.21. The summed E-state index contributed by atoms with van der Waals surface area (Å²) in [6.45, 7) is 2.09. The molecule has 0 saturated carbocycles. The second-order valence-electron chi connectivity index (χ2n) is 6.90. The van der Waals surface area contributed by atoms with Crippen molar-refractivity contribution in [3.63, 3.8) is 0 Å². The maximum atomic E-state index is 12.3. The molecular formula is C20H23ClN2O3S. The lowest BCUT2D eigenvalue weighted by Crippen LogP contribution is -2.45. The molecule has 0 spiro atoms. The number of hydrogen-bond acceptors (Lipinski definition) is 4. The quantitative estimate of drug-likeness (QED) is 0.721. The molecule has 1 fully saturated rings. The van der Waals surface area contributed by atoms with Crippen LogP contribution in [0, 0.1) is 6.92 Å². The molecule has 0 radical (unpaired) electrons. The number of carbonyl (C=O) groups is 1. The summed E-state index contributed by atoms with van der Waals surface area (Å²) >= 11 is 6.06. The lowest BCUT2D eigenvalue weighted by molar-refractivity contribution is -0.120. The first kappa shape index (κ1) is 19.9. The summed E-state index contributed by atoms with van der Waals surface area (Å²) in [6.07, 6.45) is 0. The zero-order chi connectivity index (χ0) is 19.4. The first-order valence-corrected chi connectivity index (χ1v) is 11.1. The third kappa shape index (κ3) is 5.31. The molecule has 1 saturated heterocycles. The zero-order valence-corrected chi connectivity index (χ0v) is 16.6. The molecule has 7 heteroatoms. The fourth-order valence-electron chi connectivity index (χ4n) is 3.22. The Balaban J connectivity index is 1.68. The number of alkyl halides is 1. The average Bonchev–Trinajstić information content (AvgIpc) is 2.89. The maximum Gasteiger partial charge on any atom is 0.234 e. The van der Waals surface area contributed by atoms with Gasteiger partial charge in [0.05, 0.1) is 35.5 Å². The number of rotatable bonds is 6. The van der Waals surface area contributed by atoms with Crippen LogP contribution in [0.15, 0.2) is 54.6 Å². The van der Waals surface area contributed by atoms with Gasteiger partial charge in [-0.2, -0.15) is 0 Å². The molecule has 2 N–H and O–H groups in total. The van der Waals surface area contributed by atoms with Gasteiger partial charge in [-0.05, 0) is 18.1 Å². The summed E-state index contributed by atoms with van der Waals surface area (Å²) in [4.78, 5) is 12.3. The van der Waals surface area contributed by atoms with E-state index in [0.29, 0.717) is 0 Å². The van der Waals surface area contributed by atoms with Crippen LogP contribution in [0.4, 0.5) is 0 Å². The van der Waals surface area contributed by atoms with Crippen molar-refractivity contribution in [2.75, 3.05) is 18.1 Å². The predicted molar refractivity (Wildman–Crippen MR) is 108 cm³/mol. The van der Waals surface area contributed by atoms with Gasteiger partial charge in [0.1, 0.15) is 0 Å². The van der Waals surface area contributed by atoms with Crippen LogP contribution < -0.4 is 10.6 Å². The second kappa shape index (κ2) is 8.42. The Bertz CT molecular complexity index is 885. The predicted octanol–water partition coefficient (Wildman–Crippen LogP) is 2.19. The van der Waals surface area contributed by atoms with E-state index in [1.54, 1.807) is 0 Å². The van der Waals surface area contributed by atoms with Crippen LogP contribution in [0.5, 0.6) is 0 Å². The van der Waals surface area contributed by atoms with E-state index in [1.807, 2.05) is 61.5 Å². The van der Waals surface area contributed by atoms with Crippen molar-refractivity contribution in [2.24, 2.45) is 0 Å². The Morgan fingerprint density at radius 3 is 2.30 bits per heavy atom. The van der Waals surface area contributed by atoms with Crippen molar-refractivity contribution in [3.05, 3.63) is 71.3 Å². The van der Waals surface area contributed by atoms with Crippen LogP contribution in [0.3, 0.4) is 0 Å². The monoisotopic (exact) mass is 406 g/mol. The van der Waals surface area contributed by atoms with Crippen LogP contribution in [0.2, 0.25) is 0 Å². The maximum absolute atomic E-state index is 12.3. The third-order valence-electron chi connectivity index (χ3n) is 4.64. The van der Waals surface area contributed by atoms with E-state index in [9.17, 15) is 13.2 Å². The standard InChI is InChI=1S/C20H23ClN2O3S/c1-14-7-9-16(10-8-14)20(15-5-3-2-4-6-15)22-11-19(24)23-18-13-27(25,26)12-17(18)21/h2-10,17-18,20,22H,11-13H2,1H3,(H,23,24)/t17-,18-,20+/m0/s1. The van der Waals surface area contributed by atoms with Gasteiger partial charge in [-0.3, -0.25) is 10.1 Å². The van der Waals surface area contributed by atoms with E-state index in [4.69, 9.17) is 11.6 Å². The molecule has 1 heterocycles. The van der Waals surface area contributed by atoms with Gasteiger partial charge in [-0.25, -0.2) is 8.42 Å². The molecule has 0 aromatic heterocycles. The van der Waals surface area contributed by atoms with Crippen LogP contribution in [-0.2, 0) is 14.6 Å². The Morgan fingerprint density at radius 1 is 1.07 bits per heavy atom. The first-order chi connectivity index (χ1) is 12.8. The van der Waals surface area contributed by atoms with Crippen molar-refractivity contribution < 1.29 is 13.2 Å². The Labute approximate surface area is 165 Å². The Kier molecular flexibility index (Phi) is 6.19. The molecule has 2 aromatic carbocycles. The minimum Gasteiger partial charge on any atom is -0.350 e. The molecular weight excluding hydrogens is 384 g/mol. The zero-order valence-electron chi connectivity index (χ0n) is 15.1. The van der Waals surface area contributed by atoms with Gasteiger partial charge in [0.25, 0.3) is 0 Å². The van der Waals surface area contributed by atoms with E-state index in [2.05, 4.69) is 10.6 Å². The number of nitrogens with one attached hydrogen (secondary N) is 2. The van der Waals surface area contributed by atoms with Gasteiger partial charge in [-0.1, -0.05) is 60.2 Å². The highest BCUT2D eigenvalue weighted by atomic mass is 35.5. The minimum absolute atomic E-state index is 0.0631. The first-order valence-electron chi connectivity index (χ1n) is 8.83. The SMILES string of the molecule is Cc1ccc([C@H](NCC(=O)N[C@H]2CS(=O)(=O)C[C@@H]2Cl)c2ccccc2)cc1.